The summed E-state index contributed by atoms with van der Waals surface area (Å²) in [6.07, 6.45) is 1.47. The van der Waals surface area contributed by atoms with E-state index in [4.69, 9.17) is 0 Å². The second kappa shape index (κ2) is 7.17. The fourth-order valence-electron chi connectivity index (χ4n) is 2.95. The number of phenols is 1. The number of amides is 1. The van der Waals surface area contributed by atoms with Crippen LogP contribution in [-0.2, 0) is 4.79 Å². The summed E-state index contributed by atoms with van der Waals surface area (Å²) in [5, 5.41) is 19.3. The molecule has 0 bridgehead atoms. The van der Waals surface area contributed by atoms with E-state index < -0.39 is 0 Å². The first kappa shape index (κ1) is 17.2. The number of carbonyl (C=O) groups excluding carboxylic acids is 1. The molecule has 0 atom stereocenters. The monoisotopic (exact) mass is 375 g/mol. The molecular formula is C21H17N3O2S. The zero-order chi connectivity index (χ0) is 18.8. The van der Waals surface area contributed by atoms with Gasteiger partial charge in [-0.25, -0.2) is 5.43 Å². The molecule has 0 spiro atoms. The van der Waals surface area contributed by atoms with Gasteiger partial charge in [-0.3, -0.25) is 4.79 Å². The quantitative estimate of drug-likeness (QED) is 0.467. The fraction of sp³-hybridized carbons (Fsp3) is 0.0476. The second-order valence-corrected chi connectivity index (χ2v) is 7.15. The van der Waals surface area contributed by atoms with Gasteiger partial charge >= 0.3 is 0 Å². The summed E-state index contributed by atoms with van der Waals surface area (Å²) in [7, 11) is 0. The van der Waals surface area contributed by atoms with Crippen molar-refractivity contribution in [1.82, 2.24) is 5.43 Å². The summed E-state index contributed by atoms with van der Waals surface area (Å²) in [5.41, 5.74) is 4.89. The molecule has 0 unspecified atom stereocenters. The average molecular weight is 375 g/mol. The molecule has 0 aliphatic carbocycles. The molecule has 4 rings (SSSR count). The Morgan fingerprint density at radius 1 is 1.11 bits per heavy atom. The Hall–Kier alpha value is -3.25. The summed E-state index contributed by atoms with van der Waals surface area (Å²) in [4.78, 5) is 14.1. The van der Waals surface area contributed by atoms with Crippen LogP contribution in [-0.4, -0.2) is 17.2 Å². The van der Waals surface area contributed by atoms with Crippen LogP contribution in [0.4, 0.5) is 5.69 Å². The van der Waals surface area contributed by atoms with Crippen molar-refractivity contribution in [1.29, 1.82) is 0 Å². The largest absolute Gasteiger partial charge is 0.507 e. The van der Waals surface area contributed by atoms with Gasteiger partial charge in [-0.05, 0) is 35.9 Å². The number of hydrazone groups is 1. The summed E-state index contributed by atoms with van der Waals surface area (Å²) >= 11 is 1.41. The predicted octanol–water partition coefficient (Wildman–Crippen LogP) is 4.44. The van der Waals surface area contributed by atoms with Crippen LogP contribution in [0, 0.1) is 0 Å². The number of thioether (sulfide) groups is 1. The van der Waals surface area contributed by atoms with Crippen LogP contribution in [0.1, 0.15) is 12.5 Å². The molecule has 0 saturated carbocycles. The van der Waals surface area contributed by atoms with Gasteiger partial charge in [-0.2, -0.15) is 5.10 Å². The number of benzene rings is 3. The van der Waals surface area contributed by atoms with Crippen LogP contribution in [0.25, 0.3) is 10.8 Å². The smallest absolute Gasteiger partial charge is 0.279 e. The maximum absolute atomic E-state index is 12.6. The normalized spacial score (nSPS) is 13.5. The number of rotatable bonds is 3. The average Bonchev–Trinajstić information content (AvgIpc) is 2.69. The van der Waals surface area contributed by atoms with Gasteiger partial charge in [-0.1, -0.05) is 54.2 Å². The van der Waals surface area contributed by atoms with Crippen molar-refractivity contribution in [2.45, 2.75) is 11.8 Å². The van der Waals surface area contributed by atoms with E-state index in [1.54, 1.807) is 6.07 Å². The van der Waals surface area contributed by atoms with E-state index in [1.807, 2.05) is 61.5 Å². The van der Waals surface area contributed by atoms with Crippen molar-refractivity contribution < 1.29 is 9.90 Å². The molecule has 1 aliphatic heterocycles. The molecule has 3 aromatic rings. The van der Waals surface area contributed by atoms with E-state index >= 15 is 0 Å². The predicted molar refractivity (Wildman–Crippen MR) is 110 cm³/mol. The van der Waals surface area contributed by atoms with E-state index in [1.165, 1.54) is 18.0 Å². The van der Waals surface area contributed by atoms with E-state index in [0.29, 0.717) is 10.5 Å². The summed E-state index contributed by atoms with van der Waals surface area (Å²) < 4.78 is 0. The molecule has 1 amide bonds. The first-order valence-corrected chi connectivity index (χ1v) is 9.24. The van der Waals surface area contributed by atoms with Gasteiger partial charge < -0.3 is 10.4 Å². The van der Waals surface area contributed by atoms with E-state index in [0.717, 1.165) is 27.1 Å². The SMILES string of the molecule is CC1=C(C(=O)N/N=C\c2c(O)ccc3ccccc23)Sc2ccccc2N1. The van der Waals surface area contributed by atoms with Gasteiger partial charge in [0.15, 0.2) is 0 Å². The first-order chi connectivity index (χ1) is 13.1. The lowest BCUT2D eigenvalue weighted by Gasteiger charge is -2.20. The number of phenolic OH excluding ortho intramolecular Hbond substituents is 1. The highest BCUT2D eigenvalue weighted by Crippen LogP contribution is 2.39. The van der Waals surface area contributed by atoms with E-state index in [9.17, 15) is 9.90 Å². The highest BCUT2D eigenvalue weighted by molar-refractivity contribution is 8.04. The highest BCUT2D eigenvalue weighted by Gasteiger charge is 2.21. The number of carbonyl (C=O) groups is 1. The van der Waals surface area contributed by atoms with Crippen molar-refractivity contribution >= 4 is 40.3 Å². The second-order valence-electron chi connectivity index (χ2n) is 6.10. The molecular weight excluding hydrogens is 358 g/mol. The molecule has 0 fully saturated rings. The summed E-state index contributed by atoms with van der Waals surface area (Å²) in [6.45, 7) is 1.86. The van der Waals surface area contributed by atoms with Crippen molar-refractivity contribution in [3.63, 3.8) is 0 Å². The number of para-hydroxylation sites is 1. The van der Waals surface area contributed by atoms with Crippen molar-refractivity contribution in [2.75, 3.05) is 5.32 Å². The number of anilines is 1. The third-order valence-corrected chi connectivity index (χ3v) is 5.55. The third-order valence-electron chi connectivity index (χ3n) is 4.28. The molecule has 134 valence electrons. The molecule has 1 heterocycles. The number of hydrogen-bond acceptors (Lipinski definition) is 5. The molecule has 0 saturated heterocycles. The molecule has 3 N–H and O–H groups in total. The minimum absolute atomic E-state index is 0.115. The fourth-order valence-corrected chi connectivity index (χ4v) is 3.88. The molecule has 1 aliphatic rings. The first-order valence-electron chi connectivity index (χ1n) is 8.42. The molecule has 3 aromatic carbocycles. The number of nitrogens with zero attached hydrogens (tertiary/aromatic N) is 1. The maximum atomic E-state index is 12.6. The van der Waals surface area contributed by atoms with Crippen LogP contribution in [0.5, 0.6) is 5.75 Å². The summed E-state index contributed by atoms with van der Waals surface area (Å²) in [6, 6.07) is 19.0. The molecule has 6 heteroatoms. The van der Waals surface area contributed by atoms with E-state index in [-0.39, 0.29) is 11.7 Å². The topological polar surface area (TPSA) is 73.7 Å². The molecule has 5 nitrogen and oxygen atoms in total. The lowest BCUT2D eigenvalue weighted by atomic mass is 10.0. The van der Waals surface area contributed by atoms with Gasteiger partial charge in [0.2, 0.25) is 0 Å². The standard InChI is InChI=1S/C21H17N3O2S/c1-13-20(27-19-9-5-4-8-17(19)23-13)21(26)24-22-12-16-15-7-3-2-6-14(15)10-11-18(16)25/h2-12,23,25H,1H3,(H,24,26)/b22-12-. The lowest BCUT2D eigenvalue weighted by molar-refractivity contribution is -0.116. The number of fused-ring (bicyclic) bond motifs is 2. The van der Waals surface area contributed by atoms with Gasteiger partial charge in [0.05, 0.1) is 16.8 Å². The Bertz CT molecular complexity index is 1110. The Labute approximate surface area is 160 Å². The van der Waals surface area contributed by atoms with Crippen LogP contribution >= 0.6 is 11.8 Å². The van der Waals surface area contributed by atoms with Crippen LogP contribution < -0.4 is 10.7 Å². The minimum atomic E-state index is -0.296. The zero-order valence-corrected chi connectivity index (χ0v) is 15.4. The molecule has 0 radical (unpaired) electrons. The minimum Gasteiger partial charge on any atom is -0.507 e. The van der Waals surface area contributed by atoms with Gasteiger partial charge in [-0.15, -0.1) is 0 Å². The van der Waals surface area contributed by atoms with Crippen molar-refractivity contribution in [3.05, 3.63) is 76.8 Å². The van der Waals surface area contributed by atoms with Crippen LogP contribution in [0.3, 0.4) is 0 Å². The lowest BCUT2D eigenvalue weighted by Crippen LogP contribution is -2.22. The maximum Gasteiger partial charge on any atom is 0.279 e. The number of aromatic hydroxyl groups is 1. The van der Waals surface area contributed by atoms with Gasteiger partial charge in [0, 0.05) is 16.2 Å². The van der Waals surface area contributed by atoms with Crippen LogP contribution in [0.2, 0.25) is 0 Å². The summed E-state index contributed by atoms with van der Waals surface area (Å²) in [5.74, 6) is -0.180. The van der Waals surface area contributed by atoms with Gasteiger partial charge in [0.25, 0.3) is 5.91 Å². The zero-order valence-electron chi connectivity index (χ0n) is 14.6. The Kier molecular flexibility index (Phi) is 4.56. The Morgan fingerprint density at radius 2 is 1.89 bits per heavy atom. The van der Waals surface area contributed by atoms with E-state index in [2.05, 4.69) is 15.8 Å². The Morgan fingerprint density at radius 3 is 2.78 bits per heavy atom. The van der Waals surface area contributed by atoms with Crippen LogP contribution in [0.15, 0.2) is 81.3 Å². The molecule has 0 aromatic heterocycles. The van der Waals surface area contributed by atoms with Crippen molar-refractivity contribution in [3.8, 4) is 5.75 Å². The number of nitrogens with one attached hydrogen (secondary N) is 2. The number of hydrogen-bond donors (Lipinski definition) is 3. The number of allylic oxidation sites excluding steroid dienone is 1. The van der Waals surface area contributed by atoms with Crippen molar-refractivity contribution in [2.24, 2.45) is 5.10 Å². The molecule has 27 heavy (non-hydrogen) atoms. The Balaban J connectivity index is 1.54. The highest BCUT2D eigenvalue weighted by atomic mass is 32.2. The third kappa shape index (κ3) is 3.39. The van der Waals surface area contributed by atoms with Gasteiger partial charge in [0.1, 0.15) is 5.75 Å².